The Bertz CT molecular complexity index is 447. The topological polar surface area (TPSA) is 24.5 Å². The first-order chi connectivity index (χ1) is 10.1. The summed E-state index contributed by atoms with van der Waals surface area (Å²) in [6, 6.07) is 6.85. The lowest BCUT2D eigenvalue weighted by molar-refractivity contribution is 0.199. The summed E-state index contributed by atoms with van der Waals surface area (Å²) in [7, 11) is 1.75. The van der Waals surface area contributed by atoms with Gasteiger partial charge in [-0.15, -0.1) is 0 Å². The Kier molecular flexibility index (Phi) is 6.07. The maximum Gasteiger partial charge on any atom is 0.0587 e. The van der Waals surface area contributed by atoms with Crippen molar-refractivity contribution >= 4 is 5.69 Å². The van der Waals surface area contributed by atoms with Crippen molar-refractivity contribution in [3.05, 3.63) is 29.3 Å². The van der Waals surface area contributed by atoms with E-state index in [1.54, 1.807) is 7.11 Å². The standard InChI is InChI=1S/C18H30N2O/c1-14-5-6-18(17(11-14)12-19-8-10-21-4)20-9-7-15(2)16(3)13-20/h5-6,11,15-16,19H,7-10,12-13H2,1-4H3. The molecule has 3 heteroatoms. The van der Waals surface area contributed by atoms with E-state index in [1.165, 1.54) is 36.3 Å². The molecule has 3 nitrogen and oxygen atoms in total. The second-order valence-electron chi connectivity index (χ2n) is 6.49. The van der Waals surface area contributed by atoms with Gasteiger partial charge in [-0.2, -0.15) is 0 Å². The van der Waals surface area contributed by atoms with E-state index in [2.05, 4.69) is 49.2 Å². The number of aryl methyl sites for hydroxylation is 1. The summed E-state index contributed by atoms with van der Waals surface area (Å²) in [6.07, 6.45) is 1.30. The second kappa shape index (κ2) is 7.81. The van der Waals surface area contributed by atoms with Crippen LogP contribution >= 0.6 is 0 Å². The Balaban J connectivity index is 2.07. The van der Waals surface area contributed by atoms with Crippen LogP contribution in [0.25, 0.3) is 0 Å². The fourth-order valence-electron chi connectivity index (χ4n) is 3.04. The monoisotopic (exact) mass is 290 g/mol. The summed E-state index contributed by atoms with van der Waals surface area (Å²) in [6.45, 7) is 11.9. The van der Waals surface area contributed by atoms with Crippen LogP contribution in [-0.4, -0.2) is 33.4 Å². The second-order valence-corrected chi connectivity index (χ2v) is 6.49. The van der Waals surface area contributed by atoms with Gasteiger partial charge in [0.15, 0.2) is 0 Å². The minimum atomic E-state index is 0.763. The molecule has 21 heavy (non-hydrogen) atoms. The number of piperidine rings is 1. The molecule has 0 aromatic heterocycles. The summed E-state index contributed by atoms with van der Waals surface area (Å²) < 4.78 is 5.10. The maximum atomic E-state index is 5.10. The molecule has 1 heterocycles. The third kappa shape index (κ3) is 4.45. The van der Waals surface area contributed by atoms with Gasteiger partial charge < -0.3 is 15.0 Å². The van der Waals surface area contributed by atoms with Crippen LogP contribution in [0.1, 0.15) is 31.4 Å². The number of rotatable bonds is 6. The van der Waals surface area contributed by atoms with Crippen molar-refractivity contribution in [1.29, 1.82) is 0 Å². The van der Waals surface area contributed by atoms with Crippen LogP contribution in [0, 0.1) is 18.8 Å². The summed E-state index contributed by atoms with van der Waals surface area (Å²) in [5, 5.41) is 3.48. The number of anilines is 1. The molecular formula is C18H30N2O. The largest absolute Gasteiger partial charge is 0.383 e. The van der Waals surface area contributed by atoms with Gasteiger partial charge in [-0.1, -0.05) is 31.5 Å². The van der Waals surface area contributed by atoms with Gasteiger partial charge in [0.25, 0.3) is 0 Å². The number of hydrogen-bond acceptors (Lipinski definition) is 3. The molecule has 0 amide bonds. The van der Waals surface area contributed by atoms with Crippen molar-refractivity contribution in [3.8, 4) is 0 Å². The lowest BCUT2D eigenvalue weighted by Crippen LogP contribution is -2.39. The van der Waals surface area contributed by atoms with E-state index in [1.807, 2.05) is 0 Å². The highest BCUT2D eigenvalue weighted by molar-refractivity contribution is 5.55. The Morgan fingerprint density at radius 3 is 2.81 bits per heavy atom. The molecule has 0 spiro atoms. The molecule has 1 N–H and O–H groups in total. The highest BCUT2D eigenvalue weighted by Gasteiger charge is 2.24. The van der Waals surface area contributed by atoms with E-state index < -0.39 is 0 Å². The molecule has 2 unspecified atom stereocenters. The molecule has 0 saturated carbocycles. The average molecular weight is 290 g/mol. The van der Waals surface area contributed by atoms with Gasteiger partial charge in [0, 0.05) is 39.0 Å². The maximum absolute atomic E-state index is 5.10. The highest BCUT2D eigenvalue weighted by Crippen LogP contribution is 2.29. The van der Waals surface area contributed by atoms with Crippen LogP contribution in [0.2, 0.25) is 0 Å². The minimum Gasteiger partial charge on any atom is -0.383 e. The Labute approximate surface area is 129 Å². The van der Waals surface area contributed by atoms with Crippen LogP contribution in [-0.2, 0) is 11.3 Å². The molecule has 1 aromatic rings. The third-order valence-corrected chi connectivity index (χ3v) is 4.71. The molecule has 0 radical (unpaired) electrons. The smallest absolute Gasteiger partial charge is 0.0587 e. The quantitative estimate of drug-likeness (QED) is 0.814. The Hall–Kier alpha value is -1.06. The van der Waals surface area contributed by atoms with Gasteiger partial charge in [0.2, 0.25) is 0 Å². The van der Waals surface area contributed by atoms with Gasteiger partial charge in [-0.3, -0.25) is 0 Å². The number of benzene rings is 1. The van der Waals surface area contributed by atoms with Gasteiger partial charge in [0.05, 0.1) is 6.61 Å². The first-order valence-corrected chi connectivity index (χ1v) is 8.16. The van der Waals surface area contributed by atoms with Crippen LogP contribution in [0.5, 0.6) is 0 Å². The summed E-state index contributed by atoms with van der Waals surface area (Å²) >= 11 is 0. The van der Waals surface area contributed by atoms with Gasteiger partial charge in [0.1, 0.15) is 0 Å². The first kappa shape index (κ1) is 16.3. The predicted molar refractivity (Wildman–Crippen MR) is 89.9 cm³/mol. The molecule has 0 bridgehead atoms. The van der Waals surface area contributed by atoms with E-state index in [0.717, 1.165) is 31.5 Å². The molecule has 1 aliphatic rings. The van der Waals surface area contributed by atoms with Gasteiger partial charge in [-0.25, -0.2) is 0 Å². The van der Waals surface area contributed by atoms with Crippen LogP contribution in [0.15, 0.2) is 18.2 Å². The van der Waals surface area contributed by atoms with Crippen molar-refractivity contribution in [2.24, 2.45) is 11.8 Å². The molecule has 1 saturated heterocycles. The van der Waals surface area contributed by atoms with E-state index in [0.29, 0.717) is 0 Å². The molecule has 1 aromatic carbocycles. The zero-order valence-corrected chi connectivity index (χ0v) is 14.0. The zero-order chi connectivity index (χ0) is 15.2. The lowest BCUT2D eigenvalue weighted by Gasteiger charge is -2.38. The summed E-state index contributed by atoms with van der Waals surface area (Å²) in [4.78, 5) is 2.57. The van der Waals surface area contributed by atoms with Crippen LogP contribution in [0.4, 0.5) is 5.69 Å². The number of ether oxygens (including phenoxy) is 1. The van der Waals surface area contributed by atoms with Gasteiger partial charge in [-0.05, 0) is 36.8 Å². The normalized spacial score (nSPS) is 22.6. The van der Waals surface area contributed by atoms with Crippen molar-refractivity contribution in [2.45, 2.75) is 33.7 Å². The van der Waals surface area contributed by atoms with Crippen molar-refractivity contribution in [2.75, 3.05) is 38.3 Å². The molecule has 2 atom stereocenters. The van der Waals surface area contributed by atoms with E-state index in [4.69, 9.17) is 4.74 Å². The molecule has 2 rings (SSSR count). The van der Waals surface area contributed by atoms with Crippen molar-refractivity contribution < 1.29 is 4.74 Å². The number of hydrogen-bond donors (Lipinski definition) is 1. The first-order valence-electron chi connectivity index (χ1n) is 8.16. The van der Waals surface area contributed by atoms with E-state index >= 15 is 0 Å². The third-order valence-electron chi connectivity index (χ3n) is 4.71. The van der Waals surface area contributed by atoms with Crippen molar-refractivity contribution in [3.63, 3.8) is 0 Å². The lowest BCUT2D eigenvalue weighted by atomic mass is 9.88. The number of methoxy groups -OCH3 is 1. The minimum absolute atomic E-state index is 0.763. The van der Waals surface area contributed by atoms with Crippen LogP contribution in [0.3, 0.4) is 0 Å². The van der Waals surface area contributed by atoms with Crippen LogP contribution < -0.4 is 10.2 Å². The fourth-order valence-corrected chi connectivity index (χ4v) is 3.04. The number of nitrogens with zero attached hydrogens (tertiary/aromatic N) is 1. The molecule has 1 fully saturated rings. The average Bonchev–Trinajstić information content (AvgIpc) is 2.47. The van der Waals surface area contributed by atoms with Gasteiger partial charge >= 0.3 is 0 Å². The summed E-state index contributed by atoms with van der Waals surface area (Å²) in [5.41, 5.74) is 4.15. The number of nitrogens with one attached hydrogen (secondary N) is 1. The Morgan fingerprint density at radius 1 is 1.29 bits per heavy atom. The zero-order valence-electron chi connectivity index (χ0n) is 14.0. The Morgan fingerprint density at radius 2 is 2.10 bits per heavy atom. The SMILES string of the molecule is COCCNCc1cc(C)ccc1N1CCC(C)C(C)C1. The van der Waals surface area contributed by atoms with E-state index in [-0.39, 0.29) is 0 Å². The summed E-state index contributed by atoms with van der Waals surface area (Å²) in [5.74, 6) is 1.62. The van der Waals surface area contributed by atoms with E-state index in [9.17, 15) is 0 Å². The fraction of sp³-hybridized carbons (Fsp3) is 0.667. The predicted octanol–water partition coefficient (Wildman–Crippen LogP) is 3.21. The molecule has 1 aliphatic heterocycles. The van der Waals surface area contributed by atoms with Crippen molar-refractivity contribution in [1.82, 2.24) is 5.32 Å². The molecule has 118 valence electrons. The molecule has 0 aliphatic carbocycles. The highest BCUT2D eigenvalue weighted by atomic mass is 16.5. The molecular weight excluding hydrogens is 260 g/mol.